The van der Waals surface area contributed by atoms with Crippen LogP contribution in [0.15, 0.2) is 48.5 Å². The highest BCUT2D eigenvalue weighted by atomic mass is 19.4. The number of halogens is 5. The molecule has 0 aliphatic heterocycles. The molecule has 1 aliphatic rings. The Morgan fingerprint density at radius 1 is 1.03 bits per heavy atom. The fraction of sp³-hybridized carbons (Fsp3) is 0.333. The first-order valence-corrected chi connectivity index (χ1v) is 11.0. The standard InChI is InChI=1S/C27H23F5O/c1-2-3-6-18-10-13-22-20-8-5-4-7-19(20)11-14-23(22)21(18)12-9-17-15-24(28)26(25(29)16-17)33-27(30,31)32/h4-5,7-8,11,14-16,18,21H,2-3,6,10,13H2,1H3/t18-,21+/m1/s1. The molecule has 3 aromatic rings. The SMILES string of the molecule is CCCC[C@@H]1CCc2c(ccc3ccccc23)[C@H]1C#Cc1cc(F)c(OC(F)(F)F)c(F)c1. The third-order valence-electron chi connectivity index (χ3n) is 6.16. The number of unbranched alkanes of at least 4 members (excludes halogenated alkanes) is 1. The summed E-state index contributed by atoms with van der Waals surface area (Å²) < 4.78 is 68.9. The van der Waals surface area contributed by atoms with E-state index in [2.05, 4.69) is 47.8 Å². The first-order chi connectivity index (χ1) is 15.8. The molecule has 0 fully saturated rings. The molecule has 0 spiro atoms. The van der Waals surface area contributed by atoms with Gasteiger partial charge in [0, 0.05) is 11.5 Å². The lowest BCUT2D eigenvalue weighted by Crippen LogP contribution is -2.20. The summed E-state index contributed by atoms with van der Waals surface area (Å²) >= 11 is 0. The maximum absolute atomic E-state index is 14.1. The van der Waals surface area contributed by atoms with Crippen molar-refractivity contribution in [3.05, 3.63) is 76.9 Å². The third-order valence-corrected chi connectivity index (χ3v) is 6.16. The minimum atomic E-state index is -5.18. The highest BCUT2D eigenvalue weighted by Gasteiger charge is 2.34. The van der Waals surface area contributed by atoms with Crippen molar-refractivity contribution in [1.82, 2.24) is 0 Å². The fourth-order valence-corrected chi connectivity index (χ4v) is 4.65. The molecule has 0 saturated heterocycles. The Labute approximate surface area is 189 Å². The summed E-state index contributed by atoms with van der Waals surface area (Å²) in [5.41, 5.74) is 2.33. The van der Waals surface area contributed by atoms with Gasteiger partial charge < -0.3 is 4.74 Å². The maximum Gasteiger partial charge on any atom is 0.573 e. The van der Waals surface area contributed by atoms with Gasteiger partial charge in [0.15, 0.2) is 11.6 Å². The monoisotopic (exact) mass is 458 g/mol. The first kappa shape index (κ1) is 23.1. The molecule has 0 unspecified atom stereocenters. The van der Waals surface area contributed by atoms with E-state index in [1.54, 1.807) is 0 Å². The Balaban J connectivity index is 1.72. The number of hydrogen-bond donors (Lipinski definition) is 0. The molecule has 0 aromatic heterocycles. The molecule has 4 rings (SSSR count). The molecule has 1 aliphatic carbocycles. The van der Waals surface area contributed by atoms with E-state index in [1.165, 1.54) is 10.9 Å². The van der Waals surface area contributed by atoms with Crippen molar-refractivity contribution in [3.8, 4) is 17.6 Å². The van der Waals surface area contributed by atoms with Gasteiger partial charge in [0.2, 0.25) is 5.75 Å². The van der Waals surface area contributed by atoms with E-state index in [-0.39, 0.29) is 11.5 Å². The summed E-state index contributed by atoms with van der Waals surface area (Å²) in [5.74, 6) is 1.84. The van der Waals surface area contributed by atoms with E-state index in [0.29, 0.717) is 5.92 Å². The van der Waals surface area contributed by atoms with Gasteiger partial charge in [-0.15, -0.1) is 13.2 Å². The molecule has 172 valence electrons. The summed E-state index contributed by atoms with van der Waals surface area (Å²) in [6.07, 6.45) is -0.187. The van der Waals surface area contributed by atoms with Gasteiger partial charge in [-0.25, -0.2) is 8.78 Å². The lowest BCUT2D eigenvalue weighted by molar-refractivity contribution is -0.276. The summed E-state index contributed by atoms with van der Waals surface area (Å²) in [5, 5.41) is 2.33. The molecule has 0 N–H and O–H groups in total. The van der Waals surface area contributed by atoms with E-state index in [9.17, 15) is 22.0 Å². The van der Waals surface area contributed by atoms with Crippen LogP contribution in [-0.2, 0) is 6.42 Å². The third kappa shape index (κ3) is 5.13. The van der Waals surface area contributed by atoms with Gasteiger partial charge in [0.1, 0.15) is 0 Å². The number of rotatable bonds is 4. The second kappa shape index (κ2) is 9.43. The summed E-state index contributed by atoms with van der Waals surface area (Å²) in [7, 11) is 0. The quantitative estimate of drug-likeness (QED) is 0.285. The predicted octanol–water partition coefficient (Wildman–Crippen LogP) is 7.90. The average Bonchev–Trinajstić information content (AvgIpc) is 2.78. The summed E-state index contributed by atoms with van der Waals surface area (Å²) in [4.78, 5) is 0. The molecule has 0 amide bonds. The van der Waals surface area contributed by atoms with Crippen LogP contribution >= 0.6 is 0 Å². The van der Waals surface area contributed by atoms with Gasteiger partial charge in [-0.3, -0.25) is 0 Å². The molecule has 0 bridgehead atoms. The van der Waals surface area contributed by atoms with Crippen molar-refractivity contribution in [2.75, 3.05) is 0 Å². The molecule has 3 aromatic carbocycles. The van der Waals surface area contributed by atoms with E-state index < -0.39 is 23.7 Å². The lowest BCUT2D eigenvalue weighted by Gasteiger charge is -2.31. The Bertz CT molecular complexity index is 1200. The molecule has 33 heavy (non-hydrogen) atoms. The fourth-order valence-electron chi connectivity index (χ4n) is 4.65. The van der Waals surface area contributed by atoms with Crippen LogP contribution in [0.3, 0.4) is 0 Å². The van der Waals surface area contributed by atoms with Crippen LogP contribution in [0.25, 0.3) is 10.8 Å². The van der Waals surface area contributed by atoms with Crippen molar-refractivity contribution >= 4 is 10.8 Å². The Morgan fingerprint density at radius 2 is 1.76 bits per heavy atom. The highest BCUT2D eigenvalue weighted by molar-refractivity contribution is 5.87. The molecule has 6 heteroatoms. The summed E-state index contributed by atoms with van der Waals surface area (Å²) in [6.45, 7) is 2.13. The number of aryl methyl sites for hydroxylation is 1. The van der Waals surface area contributed by atoms with Crippen molar-refractivity contribution < 1.29 is 26.7 Å². The second-order valence-electron chi connectivity index (χ2n) is 8.36. The van der Waals surface area contributed by atoms with Crippen LogP contribution in [0, 0.1) is 29.4 Å². The largest absolute Gasteiger partial charge is 0.573 e. The Kier molecular flexibility index (Phi) is 6.60. The molecule has 0 radical (unpaired) electrons. The average molecular weight is 458 g/mol. The van der Waals surface area contributed by atoms with Gasteiger partial charge in [-0.05, 0) is 59.2 Å². The zero-order chi connectivity index (χ0) is 23.6. The van der Waals surface area contributed by atoms with Gasteiger partial charge in [-0.2, -0.15) is 0 Å². The minimum Gasteiger partial charge on any atom is -0.399 e. The predicted molar refractivity (Wildman–Crippen MR) is 118 cm³/mol. The van der Waals surface area contributed by atoms with E-state index in [0.717, 1.165) is 55.2 Å². The molecular formula is C27H23F5O. The maximum atomic E-state index is 14.1. The van der Waals surface area contributed by atoms with Gasteiger partial charge in [0.25, 0.3) is 0 Å². The van der Waals surface area contributed by atoms with Crippen LogP contribution in [0.2, 0.25) is 0 Å². The molecule has 0 heterocycles. The van der Waals surface area contributed by atoms with Crippen LogP contribution in [0.5, 0.6) is 5.75 Å². The van der Waals surface area contributed by atoms with Crippen LogP contribution < -0.4 is 4.74 Å². The summed E-state index contributed by atoms with van der Waals surface area (Å²) in [6, 6.07) is 13.9. The van der Waals surface area contributed by atoms with Crippen molar-refractivity contribution in [3.63, 3.8) is 0 Å². The van der Waals surface area contributed by atoms with E-state index >= 15 is 0 Å². The first-order valence-electron chi connectivity index (χ1n) is 11.0. The van der Waals surface area contributed by atoms with Crippen LogP contribution in [0.4, 0.5) is 22.0 Å². The Hall–Kier alpha value is -3.07. The van der Waals surface area contributed by atoms with E-state index in [1.807, 2.05) is 12.1 Å². The molecule has 2 atom stereocenters. The second-order valence-corrected chi connectivity index (χ2v) is 8.36. The van der Waals surface area contributed by atoms with Crippen LogP contribution in [-0.4, -0.2) is 6.36 Å². The van der Waals surface area contributed by atoms with Gasteiger partial charge in [0.05, 0.1) is 0 Å². The zero-order valence-electron chi connectivity index (χ0n) is 18.1. The van der Waals surface area contributed by atoms with Crippen LogP contribution in [0.1, 0.15) is 55.2 Å². The van der Waals surface area contributed by atoms with E-state index in [4.69, 9.17) is 0 Å². The molecule has 1 nitrogen and oxygen atoms in total. The minimum absolute atomic E-state index is 0.0262. The lowest BCUT2D eigenvalue weighted by atomic mass is 9.72. The number of benzene rings is 3. The highest BCUT2D eigenvalue weighted by Crippen LogP contribution is 2.41. The number of hydrogen-bond acceptors (Lipinski definition) is 1. The van der Waals surface area contributed by atoms with Crippen molar-refractivity contribution in [2.24, 2.45) is 5.92 Å². The van der Waals surface area contributed by atoms with Gasteiger partial charge >= 0.3 is 6.36 Å². The molecule has 0 saturated carbocycles. The smallest absolute Gasteiger partial charge is 0.399 e. The zero-order valence-corrected chi connectivity index (χ0v) is 18.1. The normalized spacial score (nSPS) is 17.9. The number of fused-ring (bicyclic) bond motifs is 3. The Morgan fingerprint density at radius 3 is 2.45 bits per heavy atom. The van der Waals surface area contributed by atoms with Gasteiger partial charge in [-0.1, -0.05) is 68.0 Å². The van der Waals surface area contributed by atoms with Crippen molar-refractivity contribution in [1.29, 1.82) is 0 Å². The number of ether oxygens (including phenoxy) is 1. The topological polar surface area (TPSA) is 9.23 Å². The number of alkyl halides is 3. The molecular weight excluding hydrogens is 435 g/mol. The van der Waals surface area contributed by atoms with Crippen molar-refractivity contribution in [2.45, 2.75) is 51.3 Å².